The van der Waals surface area contributed by atoms with Crippen LogP contribution in [0, 0.1) is 5.41 Å². The smallest absolute Gasteiger partial charge is 0.204 e. The van der Waals surface area contributed by atoms with E-state index in [2.05, 4.69) is 46.7 Å². The largest absolute Gasteiger partial charge is 0.385 e. The van der Waals surface area contributed by atoms with Gasteiger partial charge in [-0.25, -0.2) is 0 Å². The van der Waals surface area contributed by atoms with Crippen molar-refractivity contribution >= 4 is 5.69 Å². The summed E-state index contributed by atoms with van der Waals surface area (Å²) in [5.41, 5.74) is 2.28. The lowest BCUT2D eigenvalue weighted by molar-refractivity contribution is 0.443. The Balaban J connectivity index is 2.12. The Morgan fingerprint density at radius 3 is 2.76 bits per heavy atom. The molecular weight excluding hydrogens is 214 g/mol. The van der Waals surface area contributed by atoms with Gasteiger partial charge in [0.15, 0.2) is 0 Å². The average Bonchev–Trinajstić information content (AvgIpc) is 2.79. The molecule has 0 spiro atoms. The van der Waals surface area contributed by atoms with Crippen molar-refractivity contribution in [2.45, 2.75) is 20.8 Å². The summed E-state index contributed by atoms with van der Waals surface area (Å²) in [6.45, 7) is 7.51. The van der Waals surface area contributed by atoms with Crippen LogP contribution in [-0.4, -0.2) is 27.2 Å². The van der Waals surface area contributed by atoms with Crippen LogP contribution < -0.4 is 5.32 Å². The predicted molar refractivity (Wildman–Crippen MR) is 67.6 cm³/mol. The number of tetrazole rings is 1. The highest BCUT2D eigenvalue weighted by molar-refractivity contribution is 5.61. The fourth-order valence-corrected chi connectivity index (χ4v) is 1.42. The number of hydrogen-bond acceptors (Lipinski definition) is 4. The highest BCUT2D eigenvalue weighted by Gasteiger charge is 2.10. The molecule has 0 aliphatic heterocycles. The minimum Gasteiger partial charge on any atom is -0.385 e. The second-order valence-corrected chi connectivity index (χ2v) is 5.23. The van der Waals surface area contributed by atoms with Crippen LogP contribution in [-0.2, 0) is 0 Å². The molecule has 0 saturated heterocycles. The molecule has 0 radical (unpaired) electrons. The minimum atomic E-state index is 0.252. The van der Waals surface area contributed by atoms with E-state index in [9.17, 15) is 0 Å². The van der Waals surface area contributed by atoms with Crippen molar-refractivity contribution in [3.8, 4) is 11.4 Å². The van der Waals surface area contributed by atoms with Crippen molar-refractivity contribution in [3.05, 3.63) is 24.3 Å². The maximum atomic E-state index is 3.96. The van der Waals surface area contributed by atoms with E-state index in [-0.39, 0.29) is 5.41 Å². The zero-order valence-corrected chi connectivity index (χ0v) is 10.4. The molecule has 0 amide bonds. The summed E-state index contributed by atoms with van der Waals surface area (Å²) in [4.78, 5) is 0. The SMILES string of the molecule is CC(C)(C)CNc1cccc(-c2nn[nH]n2)c1. The quantitative estimate of drug-likeness (QED) is 0.850. The van der Waals surface area contributed by atoms with E-state index in [1.54, 1.807) is 0 Å². The van der Waals surface area contributed by atoms with Crippen molar-refractivity contribution in [1.82, 2.24) is 20.6 Å². The summed E-state index contributed by atoms with van der Waals surface area (Å²) in [6.07, 6.45) is 0. The van der Waals surface area contributed by atoms with Crippen LogP contribution in [0.25, 0.3) is 11.4 Å². The lowest BCUT2D eigenvalue weighted by atomic mass is 9.97. The number of nitrogens with zero attached hydrogens (tertiary/aromatic N) is 3. The molecule has 5 heteroatoms. The minimum absolute atomic E-state index is 0.252. The molecule has 2 aromatic rings. The van der Waals surface area contributed by atoms with Gasteiger partial charge in [0.05, 0.1) is 0 Å². The average molecular weight is 231 g/mol. The molecule has 1 aromatic heterocycles. The normalized spacial score (nSPS) is 11.5. The molecule has 17 heavy (non-hydrogen) atoms. The summed E-state index contributed by atoms with van der Waals surface area (Å²) < 4.78 is 0. The summed E-state index contributed by atoms with van der Waals surface area (Å²) in [5.74, 6) is 0.615. The first-order valence-electron chi connectivity index (χ1n) is 5.62. The highest BCUT2D eigenvalue weighted by Crippen LogP contribution is 2.20. The van der Waals surface area contributed by atoms with Gasteiger partial charge in [0, 0.05) is 17.8 Å². The number of aromatic nitrogens is 4. The molecule has 1 heterocycles. The van der Waals surface area contributed by atoms with E-state index in [1.807, 2.05) is 24.3 Å². The summed E-state index contributed by atoms with van der Waals surface area (Å²) in [7, 11) is 0. The fourth-order valence-electron chi connectivity index (χ4n) is 1.42. The topological polar surface area (TPSA) is 66.5 Å². The number of H-pyrrole nitrogens is 1. The summed E-state index contributed by atoms with van der Waals surface area (Å²) in [6, 6.07) is 8.01. The number of hydrogen-bond donors (Lipinski definition) is 2. The Morgan fingerprint density at radius 1 is 1.29 bits per heavy atom. The van der Waals surface area contributed by atoms with Crippen molar-refractivity contribution in [3.63, 3.8) is 0 Å². The Kier molecular flexibility index (Phi) is 3.08. The van der Waals surface area contributed by atoms with Crippen LogP contribution >= 0.6 is 0 Å². The van der Waals surface area contributed by atoms with E-state index in [4.69, 9.17) is 0 Å². The predicted octanol–water partition coefficient (Wildman–Crippen LogP) is 2.32. The molecule has 0 unspecified atom stereocenters. The van der Waals surface area contributed by atoms with Gasteiger partial charge >= 0.3 is 0 Å². The second kappa shape index (κ2) is 4.53. The third kappa shape index (κ3) is 3.27. The van der Waals surface area contributed by atoms with E-state index in [0.29, 0.717) is 5.82 Å². The van der Waals surface area contributed by atoms with E-state index in [1.165, 1.54) is 0 Å². The first-order chi connectivity index (χ1) is 8.04. The second-order valence-electron chi connectivity index (χ2n) is 5.23. The van der Waals surface area contributed by atoms with Crippen molar-refractivity contribution in [1.29, 1.82) is 0 Å². The van der Waals surface area contributed by atoms with Crippen LogP contribution in [0.1, 0.15) is 20.8 Å². The first kappa shape index (κ1) is 11.6. The van der Waals surface area contributed by atoms with Gasteiger partial charge < -0.3 is 5.32 Å². The van der Waals surface area contributed by atoms with Crippen LogP contribution in [0.3, 0.4) is 0 Å². The fraction of sp³-hybridized carbons (Fsp3) is 0.417. The molecule has 90 valence electrons. The monoisotopic (exact) mass is 231 g/mol. The van der Waals surface area contributed by atoms with E-state index in [0.717, 1.165) is 17.8 Å². The zero-order valence-electron chi connectivity index (χ0n) is 10.4. The molecule has 0 aliphatic carbocycles. The first-order valence-corrected chi connectivity index (χ1v) is 5.62. The zero-order chi connectivity index (χ0) is 12.3. The molecule has 1 aromatic carbocycles. The number of nitrogens with one attached hydrogen (secondary N) is 2. The number of aromatic amines is 1. The third-order valence-electron chi connectivity index (χ3n) is 2.29. The van der Waals surface area contributed by atoms with Crippen molar-refractivity contribution < 1.29 is 0 Å². The number of benzene rings is 1. The lowest BCUT2D eigenvalue weighted by Gasteiger charge is -2.19. The van der Waals surface area contributed by atoms with Gasteiger partial charge in [0.2, 0.25) is 5.82 Å². The molecule has 0 fully saturated rings. The van der Waals surface area contributed by atoms with Gasteiger partial charge in [0.25, 0.3) is 0 Å². The molecular formula is C12H17N5. The van der Waals surface area contributed by atoms with Crippen LogP contribution in [0.15, 0.2) is 24.3 Å². The van der Waals surface area contributed by atoms with Gasteiger partial charge in [0.1, 0.15) is 0 Å². The van der Waals surface area contributed by atoms with Gasteiger partial charge in [-0.1, -0.05) is 32.9 Å². The Bertz CT molecular complexity index is 470. The van der Waals surface area contributed by atoms with Crippen molar-refractivity contribution in [2.24, 2.45) is 5.41 Å². The number of rotatable bonds is 3. The Labute approximate surface area is 101 Å². The molecule has 2 rings (SSSR count). The van der Waals surface area contributed by atoms with Gasteiger partial charge in [-0.05, 0) is 22.8 Å². The molecule has 0 aliphatic rings. The highest BCUT2D eigenvalue weighted by atomic mass is 15.5. The maximum absolute atomic E-state index is 3.96. The number of anilines is 1. The van der Waals surface area contributed by atoms with Crippen LogP contribution in [0.5, 0.6) is 0 Å². The Hall–Kier alpha value is -1.91. The lowest BCUT2D eigenvalue weighted by Crippen LogP contribution is -2.18. The Morgan fingerprint density at radius 2 is 2.12 bits per heavy atom. The summed E-state index contributed by atoms with van der Waals surface area (Å²) >= 11 is 0. The van der Waals surface area contributed by atoms with Crippen LogP contribution in [0.2, 0.25) is 0 Å². The van der Waals surface area contributed by atoms with E-state index >= 15 is 0 Å². The molecule has 0 atom stereocenters. The van der Waals surface area contributed by atoms with Crippen molar-refractivity contribution in [2.75, 3.05) is 11.9 Å². The molecule has 5 nitrogen and oxygen atoms in total. The van der Waals surface area contributed by atoms with Crippen LogP contribution in [0.4, 0.5) is 5.69 Å². The third-order valence-corrected chi connectivity index (χ3v) is 2.29. The van der Waals surface area contributed by atoms with Gasteiger partial charge in [-0.15, -0.1) is 10.2 Å². The molecule has 0 bridgehead atoms. The maximum Gasteiger partial charge on any atom is 0.204 e. The standard InChI is InChI=1S/C12H17N5/c1-12(2,3)8-13-10-6-4-5-9(7-10)11-14-16-17-15-11/h4-7,13H,8H2,1-3H3,(H,14,15,16,17). The van der Waals surface area contributed by atoms with Gasteiger partial charge in [-0.2, -0.15) is 5.21 Å². The summed E-state index contributed by atoms with van der Waals surface area (Å²) in [5, 5.41) is 17.3. The molecule has 0 saturated carbocycles. The molecule has 2 N–H and O–H groups in total. The van der Waals surface area contributed by atoms with E-state index < -0.39 is 0 Å². The van der Waals surface area contributed by atoms with Gasteiger partial charge in [-0.3, -0.25) is 0 Å².